The Kier molecular flexibility index (Phi) is 14.5. The highest BCUT2D eigenvalue weighted by Gasteiger charge is 2.37. The summed E-state index contributed by atoms with van der Waals surface area (Å²) in [5.41, 5.74) is 0.676. The highest BCUT2D eigenvalue weighted by molar-refractivity contribution is 7.90. The summed E-state index contributed by atoms with van der Waals surface area (Å²) < 4.78 is 59.2. The number of hydrogen-bond acceptors (Lipinski definition) is 13. The van der Waals surface area contributed by atoms with Gasteiger partial charge in [-0.2, -0.15) is 4.37 Å². The van der Waals surface area contributed by atoms with E-state index in [9.17, 15) is 41.3 Å². The van der Waals surface area contributed by atoms with E-state index in [0.29, 0.717) is 22.7 Å². The maximum absolute atomic E-state index is 14.5. The quantitative estimate of drug-likeness (QED) is 0.105. The first-order valence-corrected chi connectivity index (χ1v) is 21.7. The van der Waals surface area contributed by atoms with Gasteiger partial charge in [-0.25, -0.2) is 17.8 Å². The molecule has 1 saturated carbocycles. The van der Waals surface area contributed by atoms with E-state index in [4.69, 9.17) is 37.7 Å². The van der Waals surface area contributed by atoms with E-state index in [1.54, 1.807) is 0 Å². The lowest BCUT2D eigenvalue weighted by molar-refractivity contribution is -0.136. The highest BCUT2D eigenvalue weighted by atomic mass is 35.5. The Morgan fingerprint density at radius 1 is 1.19 bits per heavy atom. The fourth-order valence-corrected chi connectivity index (χ4v) is 7.98. The summed E-state index contributed by atoms with van der Waals surface area (Å²) >= 11 is 7.18. The third kappa shape index (κ3) is 12.0. The van der Waals surface area contributed by atoms with E-state index in [0.717, 1.165) is 31.1 Å². The molecule has 1 amide bonds. The topological polar surface area (TPSA) is 252 Å². The largest absolute Gasteiger partial charge is 0.481 e. The number of carbonyl (C=O) groups is 5. The van der Waals surface area contributed by atoms with Crippen LogP contribution in [0.3, 0.4) is 0 Å². The number of anilines is 1. The second kappa shape index (κ2) is 18.3. The van der Waals surface area contributed by atoms with Gasteiger partial charge in [0, 0.05) is 55.2 Å². The zero-order valence-corrected chi connectivity index (χ0v) is 34.0. The van der Waals surface area contributed by atoms with Crippen molar-refractivity contribution in [2.24, 2.45) is 16.3 Å². The number of sulfone groups is 1. The minimum atomic E-state index is -4.10. The van der Waals surface area contributed by atoms with Gasteiger partial charge in [0.1, 0.15) is 23.2 Å². The van der Waals surface area contributed by atoms with Crippen molar-refractivity contribution in [1.29, 1.82) is 0 Å². The molecule has 3 aliphatic rings. The second-order valence-corrected chi connectivity index (χ2v) is 18.6. The van der Waals surface area contributed by atoms with Crippen LogP contribution in [0.2, 0.25) is 5.02 Å². The van der Waals surface area contributed by atoms with E-state index < -0.39 is 65.3 Å². The molecule has 0 bridgehead atoms. The maximum Gasteiger partial charge on any atom is 0.339 e. The number of hydrogen-bond donors (Lipinski definition) is 4. The molecular formula is C35H38ClFN5O12PS2. The molecule has 0 atom stereocenters. The smallest absolute Gasteiger partial charge is 0.339 e. The Hall–Kier alpha value is -4.61. The Morgan fingerprint density at radius 2 is 1.86 bits per heavy atom. The number of terminal acetylenes is 1. The number of amides is 1. The van der Waals surface area contributed by atoms with E-state index in [1.807, 2.05) is 4.57 Å². The number of rotatable bonds is 9. The zero-order valence-electron chi connectivity index (χ0n) is 30.7. The number of nitrogens with zero attached hydrogens (tertiary/aromatic N) is 4. The van der Waals surface area contributed by atoms with Crippen LogP contribution < -0.4 is 19.8 Å². The van der Waals surface area contributed by atoms with Gasteiger partial charge in [-0.05, 0) is 36.1 Å². The highest BCUT2D eigenvalue weighted by Crippen LogP contribution is 2.38. The number of nitrogens with one attached hydrogen (secondary N) is 1. The third-order valence-electron chi connectivity index (χ3n) is 8.42. The van der Waals surface area contributed by atoms with Crippen molar-refractivity contribution in [3.8, 4) is 18.1 Å². The molecule has 1 fully saturated rings. The van der Waals surface area contributed by atoms with Crippen molar-refractivity contribution in [2.75, 3.05) is 37.1 Å². The first-order chi connectivity index (χ1) is 26.5. The monoisotopic (exact) mass is 869 g/mol. The van der Waals surface area contributed by atoms with Crippen molar-refractivity contribution in [3.05, 3.63) is 57.4 Å². The number of ketones is 3. The number of aliphatic carboxylic acids is 1. The minimum Gasteiger partial charge on any atom is -0.481 e. The van der Waals surface area contributed by atoms with Crippen molar-refractivity contribution < 1.29 is 61.0 Å². The average molecular weight is 870 g/mol. The molecule has 0 spiro atoms. The van der Waals surface area contributed by atoms with Gasteiger partial charge in [0.15, 0.2) is 39.6 Å². The first kappa shape index (κ1) is 45.1. The fourth-order valence-electron chi connectivity index (χ4n) is 5.83. The molecule has 2 aromatic carbocycles. The molecule has 2 aliphatic heterocycles. The van der Waals surface area contributed by atoms with Gasteiger partial charge >= 0.3 is 13.6 Å². The lowest BCUT2D eigenvalue weighted by Crippen LogP contribution is -2.39. The van der Waals surface area contributed by atoms with Crippen LogP contribution in [0.15, 0.2) is 40.2 Å². The van der Waals surface area contributed by atoms with Gasteiger partial charge in [0.05, 0.1) is 35.0 Å². The number of fused-ring (bicyclic) bond motifs is 2. The predicted octanol–water partition coefficient (Wildman–Crippen LogP) is 2.92. The number of ether oxygens (including phenoxy) is 1. The van der Waals surface area contributed by atoms with Gasteiger partial charge in [0.25, 0.3) is 5.91 Å². The SMILES string of the molecule is C#CCN1C(=O)COc2cc(F)c(/N=c3\snc4n3CC(C)(C)C4)cc21.CS(=O)(=O)c1ccc(C(=O)C2C(=O)CCCC2=O)c(Cl)c1.O=C(O)CNCP(=O)(O)O. The van der Waals surface area contributed by atoms with E-state index >= 15 is 0 Å². The van der Waals surface area contributed by atoms with Crippen LogP contribution in [0.5, 0.6) is 5.75 Å². The van der Waals surface area contributed by atoms with Crippen LogP contribution in [0.4, 0.5) is 15.8 Å². The lowest BCUT2D eigenvalue weighted by atomic mass is 9.82. The molecule has 1 aromatic heterocycles. The standard InChI is InChI=1S/C18H17FN4O2S.C14H13ClO5S.C3H8NO5P/c1-4-5-22-13-7-12(11(19)6-14(13)25-9-16(22)24)20-17-23-10-18(2,3)8-15(23)21-26-17;1-21(19,20)8-5-6-9(10(15)7-8)14(18)13-11(16)3-2-4-12(13)17;5-3(6)1-4-2-10(7,8)9/h1,6-7H,5,8-10H2,2-3H3;5-7,13H,2-4H2,1H3;4H,1-2H2,(H,5,6)(H2,7,8,9)/b20-17-;;. The average Bonchev–Trinajstić information content (AvgIpc) is 3.60. The van der Waals surface area contributed by atoms with Crippen molar-refractivity contribution in [2.45, 2.75) is 51.0 Å². The Bertz CT molecular complexity index is 2370. The van der Waals surface area contributed by atoms with Gasteiger partial charge in [-0.1, -0.05) is 31.4 Å². The zero-order chi connectivity index (χ0) is 42.5. The van der Waals surface area contributed by atoms with Crippen LogP contribution in [-0.2, 0) is 46.5 Å². The molecular weight excluding hydrogens is 832 g/mol. The summed E-state index contributed by atoms with van der Waals surface area (Å²) in [4.78, 5) is 80.6. The molecule has 17 nitrogen and oxygen atoms in total. The lowest BCUT2D eigenvalue weighted by Gasteiger charge is -2.28. The summed E-state index contributed by atoms with van der Waals surface area (Å²) in [5.74, 6) is -0.992. The number of carboxylic acids is 1. The van der Waals surface area contributed by atoms with Crippen LogP contribution >= 0.6 is 30.7 Å². The molecule has 22 heteroatoms. The number of halogens is 2. The van der Waals surface area contributed by atoms with Crippen molar-refractivity contribution in [3.63, 3.8) is 0 Å². The number of carboxylic acid groups (broad SMARTS) is 1. The predicted molar refractivity (Wildman–Crippen MR) is 205 cm³/mol. The Morgan fingerprint density at radius 3 is 2.44 bits per heavy atom. The summed E-state index contributed by atoms with van der Waals surface area (Å²) in [5, 5.41) is 9.98. The number of carbonyl (C=O) groups excluding carboxylic acids is 4. The van der Waals surface area contributed by atoms with E-state index in [-0.39, 0.29) is 58.5 Å². The maximum atomic E-state index is 14.5. The summed E-state index contributed by atoms with van der Waals surface area (Å²) in [6, 6.07) is 6.40. The Balaban J connectivity index is 0.000000209. The molecule has 306 valence electrons. The summed E-state index contributed by atoms with van der Waals surface area (Å²) in [7, 11) is -7.54. The molecule has 0 radical (unpaired) electrons. The molecule has 3 aromatic rings. The molecule has 0 saturated heterocycles. The molecule has 1 aliphatic carbocycles. The second-order valence-electron chi connectivity index (χ2n) is 13.8. The van der Waals surface area contributed by atoms with Gasteiger partial charge in [-0.15, -0.1) is 6.42 Å². The number of aromatic nitrogens is 2. The summed E-state index contributed by atoms with van der Waals surface area (Å²) in [6.45, 7) is 4.61. The first-order valence-electron chi connectivity index (χ1n) is 16.9. The number of Topliss-reactive ketones (excluding diaryl/α,β-unsaturated/α-hetero) is 3. The van der Waals surface area contributed by atoms with Crippen LogP contribution in [0.1, 0.15) is 49.3 Å². The minimum absolute atomic E-state index is 0.00216. The molecule has 3 heterocycles. The van der Waals surface area contributed by atoms with Crippen molar-refractivity contribution >= 4 is 81.2 Å². The molecule has 4 N–H and O–H groups in total. The normalized spacial score (nSPS) is 16.6. The number of benzene rings is 2. The van der Waals surface area contributed by atoms with E-state index in [1.165, 1.54) is 40.7 Å². The van der Waals surface area contributed by atoms with Gasteiger partial charge in [-0.3, -0.25) is 38.8 Å². The van der Waals surface area contributed by atoms with Crippen molar-refractivity contribution in [1.82, 2.24) is 14.3 Å². The van der Waals surface area contributed by atoms with Crippen LogP contribution in [-0.4, -0.2) is 93.7 Å². The van der Waals surface area contributed by atoms with Crippen LogP contribution in [0, 0.1) is 29.5 Å². The molecule has 57 heavy (non-hydrogen) atoms. The molecule has 6 rings (SSSR count). The molecule has 0 unspecified atom stereocenters. The van der Waals surface area contributed by atoms with Crippen LogP contribution in [0.25, 0.3) is 0 Å². The van der Waals surface area contributed by atoms with E-state index in [2.05, 4.69) is 34.5 Å². The summed E-state index contributed by atoms with van der Waals surface area (Å²) in [6.07, 6.45) is 7.49. The van der Waals surface area contributed by atoms with Gasteiger partial charge in [0.2, 0.25) is 4.80 Å². The fraction of sp³-hybridized carbons (Fsp3) is 0.400. The Labute approximate surface area is 335 Å². The third-order valence-corrected chi connectivity index (χ3v) is 11.3. The van der Waals surface area contributed by atoms with Gasteiger partial charge < -0.3 is 24.2 Å².